The predicted octanol–water partition coefficient (Wildman–Crippen LogP) is 2.17. The number of aliphatic hydroxyl groups excluding tert-OH is 2. The van der Waals surface area contributed by atoms with Crippen molar-refractivity contribution in [2.24, 2.45) is 0 Å². The topological polar surface area (TPSA) is 90.4 Å². The number of Topliss-reactive ketones (excluding diaryl/α,β-unsaturated/α-hetero) is 1. The first-order valence-corrected chi connectivity index (χ1v) is 5.69. The van der Waals surface area contributed by atoms with E-state index in [9.17, 15) is 24.2 Å². The minimum Gasteiger partial charge on any atom is -0.504 e. The molecule has 0 fully saturated rings. The highest BCUT2D eigenvalue weighted by Gasteiger charge is 2.30. The number of hydrogen-bond acceptors (Lipinski definition) is 4. The van der Waals surface area contributed by atoms with E-state index in [2.05, 4.69) is 4.98 Å². The number of aromatic nitrogens is 1. The van der Waals surface area contributed by atoms with Crippen LogP contribution in [0.25, 0.3) is 16.5 Å². The number of allylic oxidation sites excluding steroid dienone is 2. The monoisotopic (exact) mass is 273 g/mol. The molecule has 0 bridgehead atoms. The Morgan fingerprint density at radius 1 is 1.15 bits per heavy atom. The van der Waals surface area contributed by atoms with E-state index in [4.69, 9.17) is 0 Å². The number of carbonyl (C=O) groups excluding carboxylic acids is 2. The zero-order chi connectivity index (χ0) is 14.4. The van der Waals surface area contributed by atoms with Crippen LogP contribution < -0.4 is 0 Å². The third-order valence-electron chi connectivity index (χ3n) is 3.11. The minimum atomic E-state index is -0.854. The Labute approximate surface area is 111 Å². The molecular weight excluding hydrogens is 265 g/mol. The van der Waals surface area contributed by atoms with Crippen molar-refractivity contribution < 1.29 is 24.2 Å². The van der Waals surface area contributed by atoms with Crippen molar-refractivity contribution >= 4 is 28.0 Å². The second kappa shape index (κ2) is 4.06. The van der Waals surface area contributed by atoms with Crippen molar-refractivity contribution in [2.45, 2.75) is 0 Å². The quantitative estimate of drug-likeness (QED) is 0.694. The Morgan fingerprint density at radius 3 is 2.65 bits per heavy atom. The molecule has 0 radical (unpaired) electrons. The number of ketones is 2. The summed E-state index contributed by atoms with van der Waals surface area (Å²) in [6.07, 6.45) is 2.04. The van der Waals surface area contributed by atoms with Crippen LogP contribution in [0.4, 0.5) is 4.39 Å². The lowest BCUT2D eigenvalue weighted by atomic mass is 9.93. The zero-order valence-electron chi connectivity index (χ0n) is 9.98. The van der Waals surface area contributed by atoms with E-state index in [0.29, 0.717) is 17.0 Å². The first-order valence-electron chi connectivity index (χ1n) is 5.69. The number of nitrogens with one attached hydrogen (secondary N) is 1. The van der Waals surface area contributed by atoms with Crippen molar-refractivity contribution in [2.75, 3.05) is 0 Å². The largest absolute Gasteiger partial charge is 0.504 e. The number of benzene rings is 1. The average Bonchev–Trinajstić information content (AvgIpc) is 2.80. The van der Waals surface area contributed by atoms with Gasteiger partial charge < -0.3 is 15.2 Å². The van der Waals surface area contributed by atoms with Gasteiger partial charge in [-0.05, 0) is 18.2 Å². The van der Waals surface area contributed by atoms with Crippen LogP contribution >= 0.6 is 0 Å². The van der Waals surface area contributed by atoms with E-state index < -0.39 is 28.9 Å². The van der Waals surface area contributed by atoms with E-state index in [-0.39, 0.29) is 11.1 Å². The highest BCUT2D eigenvalue weighted by atomic mass is 19.1. The molecule has 0 saturated heterocycles. The van der Waals surface area contributed by atoms with Crippen LogP contribution in [0.2, 0.25) is 0 Å². The molecule has 5 nitrogen and oxygen atoms in total. The van der Waals surface area contributed by atoms with Gasteiger partial charge in [0.1, 0.15) is 5.82 Å². The van der Waals surface area contributed by atoms with Crippen molar-refractivity contribution in [1.82, 2.24) is 4.98 Å². The van der Waals surface area contributed by atoms with Crippen molar-refractivity contribution in [3.8, 4) is 0 Å². The maximum atomic E-state index is 13.1. The number of rotatable bonds is 1. The summed E-state index contributed by atoms with van der Waals surface area (Å²) in [6, 6.07) is 3.84. The molecule has 0 saturated carbocycles. The molecule has 1 heterocycles. The highest BCUT2D eigenvalue weighted by Crippen LogP contribution is 2.31. The Bertz CT molecular complexity index is 829. The number of hydrogen-bond donors (Lipinski definition) is 3. The molecule has 3 N–H and O–H groups in total. The Hall–Kier alpha value is -2.89. The van der Waals surface area contributed by atoms with Crippen LogP contribution in [0, 0.1) is 5.82 Å². The van der Waals surface area contributed by atoms with Crippen LogP contribution in [0.1, 0.15) is 5.56 Å². The van der Waals surface area contributed by atoms with Gasteiger partial charge in [-0.3, -0.25) is 9.59 Å². The molecule has 1 aliphatic carbocycles. The third-order valence-corrected chi connectivity index (χ3v) is 3.11. The lowest BCUT2D eigenvalue weighted by Gasteiger charge is -2.11. The van der Waals surface area contributed by atoms with Crippen molar-refractivity contribution in [3.63, 3.8) is 0 Å². The number of aromatic amines is 1. The fraction of sp³-hybridized carbons (Fsp3) is 0. The maximum Gasteiger partial charge on any atom is 0.231 e. The van der Waals surface area contributed by atoms with Gasteiger partial charge in [-0.15, -0.1) is 0 Å². The van der Waals surface area contributed by atoms with Crippen LogP contribution in [-0.4, -0.2) is 26.8 Å². The van der Waals surface area contributed by atoms with Crippen LogP contribution in [0.5, 0.6) is 0 Å². The molecule has 3 rings (SSSR count). The van der Waals surface area contributed by atoms with E-state index in [0.717, 1.165) is 0 Å². The SMILES string of the molecule is O=C1C=C(O)C(=O)C(c2c[nH]c3cc(F)ccc23)=C1O. The van der Waals surface area contributed by atoms with Gasteiger partial charge in [0.05, 0.1) is 5.57 Å². The first-order chi connectivity index (χ1) is 9.49. The van der Waals surface area contributed by atoms with E-state index >= 15 is 0 Å². The second-order valence-corrected chi connectivity index (χ2v) is 4.34. The summed E-state index contributed by atoms with van der Waals surface area (Å²) in [4.78, 5) is 26.1. The number of aliphatic hydroxyl groups is 2. The molecule has 1 aromatic heterocycles. The van der Waals surface area contributed by atoms with Gasteiger partial charge >= 0.3 is 0 Å². The first kappa shape index (κ1) is 12.2. The van der Waals surface area contributed by atoms with E-state index in [1.54, 1.807) is 0 Å². The van der Waals surface area contributed by atoms with Gasteiger partial charge in [-0.2, -0.15) is 0 Å². The van der Waals surface area contributed by atoms with Gasteiger partial charge in [-0.1, -0.05) is 0 Å². The maximum absolute atomic E-state index is 13.1. The Kier molecular flexibility index (Phi) is 2.47. The lowest BCUT2D eigenvalue weighted by Crippen LogP contribution is -2.18. The van der Waals surface area contributed by atoms with Gasteiger partial charge in [0.15, 0.2) is 11.5 Å². The number of fused-ring (bicyclic) bond motifs is 1. The molecule has 2 aromatic rings. The van der Waals surface area contributed by atoms with Gasteiger partial charge in [0.2, 0.25) is 11.6 Å². The highest BCUT2D eigenvalue weighted by molar-refractivity contribution is 6.37. The molecule has 0 spiro atoms. The second-order valence-electron chi connectivity index (χ2n) is 4.34. The summed E-state index contributed by atoms with van der Waals surface area (Å²) in [7, 11) is 0. The van der Waals surface area contributed by atoms with Crippen LogP contribution in [0.3, 0.4) is 0 Å². The number of H-pyrrole nitrogens is 1. The fourth-order valence-electron chi connectivity index (χ4n) is 2.17. The molecule has 0 unspecified atom stereocenters. The zero-order valence-corrected chi connectivity index (χ0v) is 9.98. The van der Waals surface area contributed by atoms with Gasteiger partial charge in [0, 0.05) is 28.7 Å². The normalized spacial score (nSPS) is 15.9. The number of carbonyl (C=O) groups is 2. The van der Waals surface area contributed by atoms with Crippen LogP contribution in [0.15, 0.2) is 42.0 Å². The summed E-state index contributed by atoms with van der Waals surface area (Å²) in [6.45, 7) is 0. The molecule has 0 amide bonds. The molecule has 6 heteroatoms. The summed E-state index contributed by atoms with van der Waals surface area (Å²) < 4.78 is 13.1. The molecule has 20 heavy (non-hydrogen) atoms. The summed E-state index contributed by atoms with van der Waals surface area (Å²) >= 11 is 0. The Morgan fingerprint density at radius 2 is 1.90 bits per heavy atom. The number of halogens is 1. The van der Waals surface area contributed by atoms with Crippen molar-refractivity contribution in [1.29, 1.82) is 0 Å². The molecule has 100 valence electrons. The van der Waals surface area contributed by atoms with Crippen LogP contribution in [-0.2, 0) is 9.59 Å². The van der Waals surface area contributed by atoms with Crippen molar-refractivity contribution in [3.05, 3.63) is 53.4 Å². The third kappa shape index (κ3) is 1.62. The molecule has 1 aromatic carbocycles. The summed E-state index contributed by atoms with van der Waals surface area (Å²) in [5.41, 5.74) is 0.345. The molecular formula is C14H8FNO4. The fourth-order valence-corrected chi connectivity index (χ4v) is 2.17. The van der Waals surface area contributed by atoms with E-state index in [1.165, 1.54) is 24.4 Å². The Balaban J connectivity index is 2.27. The summed E-state index contributed by atoms with van der Waals surface area (Å²) in [5, 5.41) is 19.7. The lowest BCUT2D eigenvalue weighted by molar-refractivity contribution is -0.117. The molecule has 0 atom stereocenters. The van der Waals surface area contributed by atoms with Gasteiger partial charge in [-0.25, -0.2) is 4.39 Å². The van der Waals surface area contributed by atoms with E-state index in [1.807, 2.05) is 0 Å². The smallest absolute Gasteiger partial charge is 0.231 e. The molecule has 0 aliphatic heterocycles. The molecule has 1 aliphatic rings. The average molecular weight is 273 g/mol. The summed E-state index contributed by atoms with van der Waals surface area (Å²) in [5.74, 6) is -3.64. The predicted molar refractivity (Wildman–Crippen MR) is 68.5 cm³/mol. The van der Waals surface area contributed by atoms with Gasteiger partial charge in [0.25, 0.3) is 0 Å². The standard InChI is InChI=1S/C14H8FNO4/c15-6-1-2-7-8(5-16-9(7)3-6)12-13(19)10(17)4-11(18)14(12)20/h1-5,16-17,20H. The minimum absolute atomic E-state index is 0.232.